The Balaban J connectivity index is 2.00. The molecule has 102 valence electrons. The highest BCUT2D eigenvalue weighted by Gasteiger charge is 2.11. The van der Waals surface area contributed by atoms with Crippen LogP contribution in [-0.4, -0.2) is 17.6 Å². The fourth-order valence-corrected chi connectivity index (χ4v) is 2.78. The van der Waals surface area contributed by atoms with E-state index in [4.69, 9.17) is 0 Å². The maximum atomic E-state index is 13.2. The van der Waals surface area contributed by atoms with E-state index >= 15 is 0 Å². The number of aromatic nitrogens is 1. The molecule has 1 aromatic carbocycles. The number of nitrogens with zero attached hydrogens (tertiary/aromatic N) is 1. The molecule has 0 bridgehead atoms. The Morgan fingerprint density at radius 2 is 2.26 bits per heavy atom. The van der Waals surface area contributed by atoms with E-state index in [9.17, 15) is 4.39 Å². The van der Waals surface area contributed by atoms with Crippen molar-refractivity contribution in [3.05, 3.63) is 52.2 Å². The fraction of sp³-hybridized carbons (Fsp3) is 0.400. The first-order valence-electron chi connectivity index (χ1n) is 6.63. The molecule has 0 saturated carbocycles. The van der Waals surface area contributed by atoms with Crippen molar-refractivity contribution in [3.8, 4) is 0 Å². The molecule has 0 aliphatic rings. The van der Waals surface area contributed by atoms with E-state index in [1.54, 1.807) is 23.5 Å². The Kier molecular flexibility index (Phi) is 5.48. The second-order valence-electron chi connectivity index (χ2n) is 4.66. The van der Waals surface area contributed by atoms with Crippen molar-refractivity contribution in [2.75, 3.05) is 6.54 Å². The third-order valence-electron chi connectivity index (χ3n) is 2.99. The van der Waals surface area contributed by atoms with Gasteiger partial charge in [0.25, 0.3) is 0 Å². The molecule has 1 unspecified atom stereocenters. The van der Waals surface area contributed by atoms with Gasteiger partial charge in [0, 0.05) is 17.1 Å². The summed E-state index contributed by atoms with van der Waals surface area (Å²) < 4.78 is 13.2. The fourth-order valence-electron chi connectivity index (χ4n) is 2.10. The van der Waals surface area contributed by atoms with Gasteiger partial charge in [-0.3, -0.25) is 4.98 Å². The van der Waals surface area contributed by atoms with Gasteiger partial charge in [0.1, 0.15) is 5.82 Å². The number of nitrogens with one attached hydrogen (secondary N) is 1. The zero-order valence-electron chi connectivity index (χ0n) is 11.1. The Morgan fingerprint density at radius 3 is 2.95 bits per heavy atom. The smallest absolute Gasteiger partial charge is 0.123 e. The van der Waals surface area contributed by atoms with Gasteiger partial charge in [-0.15, -0.1) is 11.3 Å². The van der Waals surface area contributed by atoms with Gasteiger partial charge >= 0.3 is 0 Å². The van der Waals surface area contributed by atoms with Crippen molar-refractivity contribution in [2.45, 2.75) is 32.2 Å². The summed E-state index contributed by atoms with van der Waals surface area (Å²) in [6.45, 7) is 3.14. The predicted octanol–water partition coefficient (Wildman–Crippen LogP) is 3.44. The summed E-state index contributed by atoms with van der Waals surface area (Å²) in [6.07, 6.45) is 4.80. The highest BCUT2D eigenvalue weighted by atomic mass is 32.1. The van der Waals surface area contributed by atoms with E-state index in [1.165, 1.54) is 10.9 Å². The molecular formula is C15H19FN2S. The second-order valence-corrected chi connectivity index (χ2v) is 5.63. The van der Waals surface area contributed by atoms with Crippen LogP contribution in [0, 0.1) is 5.82 Å². The van der Waals surface area contributed by atoms with Crippen LogP contribution >= 0.6 is 11.3 Å². The molecule has 0 saturated heterocycles. The van der Waals surface area contributed by atoms with Gasteiger partial charge in [-0.05, 0) is 43.5 Å². The summed E-state index contributed by atoms with van der Waals surface area (Å²) in [4.78, 5) is 5.38. The molecule has 0 aliphatic heterocycles. The van der Waals surface area contributed by atoms with Gasteiger partial charge < -0.3 is 5.32 Å². The first kappa shape index (κ1) is 14.2. The van der Waals surface area contributed by atoms with Gasteiger partial charge in [0.2, 0.25) is 0 Å². The number of hydrogen-bond acceptors (Lipinski definition) is 3. The molecular weight excluding hydrogens is 259 g/mol. The summed E-state index contributed by atoms with van der Waals surface area (Å²) in [5.74, 6) is -0.162. The summed E-state index contributed by atoms with van der Waals surface area (Å²) in [5, 5.41) is 3.53. The summed E-state index contributed by atoms with van der Waals surface area (Å²) in [7, 11) is 0. The molecule has 0 radical (unpaired) electrons. The first-order valence-corrected chi connectivity index (χ1v) is 7.51. The van der Waals surface area contributed by atoms with Crippen LogP contribution in [-0.2, 0) is 12.8 Å². The molecule has 1 aromatic heterocycles. The van der Waals surface area contributed by atoms with Gasteiger partial charge in [-0.25, -0.2) is 4.39 Å². The average Bonchev–Trinajstić information content (AvgIpc) is 2.89. The molecule has 1 N–H and O–H groups in total. The molecule has 2 nitrogen and oxygen atoms in total. The van der Waals surface area contributed by atoms with Crippen LogP contribution in [0.2, 0.25) is 0 Å². The van der Waals surface area contributed by atoms with Gasteiger partial charge in [0.05, 0.1) is 5.51 Å². The van der Waals surface area contributed by atoms with Crippen LogP contribution < -0.4 is 5.32 Å². The standard InChI is InChI=1S/C15H19FN2S/c1-2-6-18-14(9-15-10-17-11-19-15)8-12-4-3-5-13(16)7-12/h3-5,7,10-11,14,18H,2,6,8-9H2,1H3. The molecule has 19 heavy (non-hydrogen) atoms. The SMILES string of the molecule is CCCNC(Cc1cccc(F)c1)Cc1cncs1. The van der Waals surface area contributed by atoms with Crippen molar-refractivity contribution >= 4 is 11.3 Å². The lowest BCUT2D eigenvalue weighted by atomic mass is 10.0. The number of halogens is 1. The summed E-state index contributed by atoms with van der Waals surface area (Å²) >= 11 is 1.67. The Morgan fingerprint density at radius 1 is 1.37 bits per heavy atom. The van der Waals surface area contributed by atoms with Crippen LogP contribution in [0.3, 0.4) is 0 Å². The Bertz CT molecular complexity index is 485. The third kappa shape index (κ3) is 4.73. The van der Waals surface area contributed by atoms with E-state index in [0.717, 1.165) is 31.4 Å². The lowest BCUT2D eigenvalue weighted by Gasteiger charge is -2.17. The number of rotatable bonds is 7. The van der Waals surface area contributed by atoms with E-state index in [0.29, 0.717) is 6.04 Å². The normalized spacial score (nSPS) is 12.5. The lowest BCUT2D eigenvalue weighted by Crippen LogP contribution is -2.33. The van der Waals surface area contributed by atoms with Gasteiger partial charge in [-0.1, -0.05) is 19.1 Å². The minimum Gasteiger partial charge on any atom is -0.313 e. The first-order chi connectivity index (χ1) is 9.28. The predicted molar refractivity (Wildman–Crippen MR) is 78.0 cm³/mol. The van der Waals surface area contributed by atoms with E-state index in [2.05, 4.69) is 17.2 Å². The summed E-state index contributed by atoms with van der Waals surface area (Å²) in [5.41, 5.74) is 2.90. The van der Waals surface area contributed by atoms with Crippen LogP contribution in [0.15, 0.2) is 36.0 Å². The maximum absolute atomic E-state index is 13.2. The minimum atomic E-state index is -0.162. The minimum absolute atomic E-state index is 0.162. The zero-order chi connectivity index (χ0) is 13.5. The highest BCUT2D eigenvalue weighted by molar-refractivity contribution is 7.09. The van der Waals surface area contributed by atoms with Crippen molar-refractivity contribution in [1.29, 1.82) is 0 Å². The monoisotopic (exact) mass is 278 g/mol. The van der Waals surface area contributed by atoms with Crippen LogP contribution in [0.4, 0.5) is 4.39 Å². The van der Waals surface area contributed by atoms with Gasteiger partial charge in [-0.2, -0.15) is 0 Å². The zero-order valence-corrected chi connectivity index (χ0v) is 11.9. The lowest BCUT2D eigenvalue weighted by molar-refractivity contribution is 0.505. The van der Waals surface area contributed by atoms with Crippen LogP contribution in [0.1, 0.15) is 23.8 Å². The van der Waals surface area contributed by atoms with Crippen LogP contribution in [0.25, 0.3) is 0 Å². The molecule has 1 heterocycles. The second kappa shape index (κ2) is 7.36. The molecule has 0 fully saturated rings. The topological polar surface area (TPSA) is 24.9 Å². The quantitative estimate of drug-likeness (QED) is 0.839. The largest absolute Gasteiger partial charge is 0.313 e. The van der Waals surface area contributed by atoms with E-state index in [-0.39, 0.29) is 5.82 Å². The van der Waals surface area contributed by atoms with E-state index in [1.807, 2.05) is 17.8 Å². The van der Waals surface area contributed by atoms with Gasteiger partial charge in [0.15, 0.2) is 0 Å². The molecule has 0 amide bonds. The molecule has 2 rings (SSSR count). The van der Waals surface area contributed by atoms with Crippen molar-refractivity contribution in [1.82, 2.24) is 10.3 Å². The number of thiazole rings is 1. The third-order valence-corrected chi connectivity index (χ3v) is 3.79. The molecule has 0 aliphatic carbocycles. The molecule has 1 atom stereocenters. The molecule has 0 spiro atoms. The number of benzene rings is 1. The maximum Gasteiger partial charge on any atom is 0.123 e. The number of hydrogen-bond donors (Lipinski definition) is 1. The van der Waals surface area contributed by atoms with E-state index < -0.39 is 0 Å². The van der Waals surface area contributed by atoms with Crippen LogP contribution in [0.5, 0.6) is 0 Å². The Labute approximate surface area is 117 Å². The Hall–Kier alpha value is -1.26. The summed E-state index contributed by atoms with van der Waals surface area (Å²) in [6, 6.07) is 7.20. The van der Waals surface area contributed by atoms with Crippen molar-refractivity contribution < 1.29 is 4.39 Å². The van der Waals surface area contributed by atoms with Crippen molar-refractivity contribution in [2.24, 2.45) is 0 Å². The van der Waals surface area contributed by atoms with Crippen molar-refractivity contribution in [3.63, 3.8) is 0 Å². The molecule has 4 heteroatoms. The highest BCUT2D eigenvalue weighted by Crippen LogP contribution is 2.13. The average molecular weight is 278 g/mol. The molecule has 2 aromatic rings.